The van der Waals surface area contributed by atoms with Gasteiger partial charge in [0.2, 0.25) is 0 Å². The number of thioether (sulfide) groups is 1. The summed E-state index contributed by atoms with van der Waals surface area (Å²) in [4.78, 5) is 1.05. The Morgan fingerprint density at radius 2 is 1.89 bits per heavy atom. The predicted molar refractivity (Wildman–Crippen MR) is 111 cm³/mol. The standard InChI is InChI=1S/C20H22FN3O3S/c1-26-7-8-27-19-11-17(23)14(9-15(19)21)20(24)18(25)10-16(22)12-3-5-13(28-2)6-4-12/h3-6,9-11,22,24-25H,7-8,23H2,1-2H3/b18-10-,22-16?,24-20?. The van der Waals surface area contributed by atoms with Gasteiger partial charge in [0.05, 0.1) is 12.3 Å². The zero-order valence-corrected chi connectivity index (χ0v) is 16.4. The summed E-state index contributed by atoms with van der Waals surface area (Å²) in [6.45, 7) is 0.446. The molecule has 2 aromatic carbocycles. The fourth-order valence-corrected chi connectivity index (χ4v) is 2.74. The molecular formula is C20H22FN3O3S. The molecule has 0 atom stereocenters. The van der Waals surface area contributed by atoms with Gasteiger partial charge in [-0.3, -0.25) is 5.41 Å². The van der Waals surface area contributed by atoms with Crippen molar-refractivity contribution in [3.8, 4) is 5.75 Å². The summed E-state index contributed by atoms with van der Waals surface area (Å²) in [6.07, 6.45) is 3.08. The first-order chi connectivity index (χ1) is 13.4. The molecule has 148 valence electrons. The number of halogens is 1. The van der Waals surface area contributed by atoms with Gasteiger partial charge in [-0.1, -0.05) is 12.1 Å². The van der Waals surface area contributed by atoms with Gasteiger partial charge in [0.25, 0.3) is 0 Å². The average Bonchev–Trinajstić information content (AvgIpc) is 2.69. The molecule has 0 saturated heterocycles. The fourth-order valence-electron chi connectivity index (χ4n) is 2.33. The summed E-state index contributed by atoms with van der Waals surface area (Å²) in [6, 6.07) is 9.51. The van der Waals surface area contributed by atoms with E-state index < -0.39 is 11.6 Å². The number of nitrogens with one attached hydrogen (secondary N) is 2. The number of hydrogen-bond acceptors (Lipinski definition) is 7. The Morgan fingerprint density at radius 3 is 2.50 bits per heavy atom. The Kier molecular flexibility index (Phi) is 7.60. The highest BCUT2D eigenvalue weighted by atomic mass is 32.2. The van der Waals surface area contributed by atoms with Crippen LogP contribution in [0.3, 0.4) is 0 Å². The van der Waals surface area contributed by atoms with Crippen molar-refractivity contribution in [2.75, 3.05) is 32.3 Å². The van der Waals surface area contributed by atoms with Crippen LogP contribution in [0.2, 0.25) is 0 Å². The Labute approximate surface area is 167 Å². The number of nitrogen functional groups attached to an aromatic ring is 1. The van der Waals surface area contributed by atoms with Crippen LogP contribution in [0.15, 0.2) is 53.1 Å². The first-order valence-corrected chi connectivity index (χ1v) is 9.53. The van der Waals surface area contributed by atoms with Crippen LogP contribution < -0.4 is 10.5 Å². The maximum atomic E-state index is 14.2. The van der Waals surface area contributed by atoms with Crippen LogP contribution in [0, 0.1) is 16.6 Å². The van der Waals surface area contributed by atoms with Crippen LogP contribution in [0.5, 0.6) is 5.75 Å². The molecule has 0 aliphatic carbocycles. The van der Waals surface area contributed by atoms with E-state index in [-0.39, 0.29) is 35.0 Å². The van der Waals surface area contributed by atoms with Crippen LogP contribution in [0.1, 0.15) is 11.1 Å². The number of nitrogens with two attached hydrogens (primary N) is 1. The Bertz CT molecular complexity index is 898. The molecule has 0 bridgehead atoms. The highest BCUT2D eigenvalue weighted by Crippen LogP contribution is 2.26. The lowest BCUT2D eigenvalue weighted by Crippen LogP contribution is -2.11. The molecule has 8 heteroatoms. The number of hydrogen-bond donors (Lipinski definition) is 4. The van der Waals surface area contributed by atoms with E-state index in [1.54, 1.807) is 23.9 Å². The van der Waals surface area contributed by atoms with Gasteiger partial charge in [0.15, 0.2) is 11.6 Å². The summed E-state index contributed by atoms with van der Waals surface area (Å²) in [7, 11) is 1.50. The number of anilines is 1. The highest BCUT2D eigenvalue weighted by Gasteiger charge is 2.16. The number of aliphatic hydroxyl groups is 1. The minimum atomic E-state index is -0.708. The molecule has 0 aromatic heterocycles. The maximum absolute atomic E-state index is 14.2. The Balaban J connectivity index is 2.20. The molecular weight excluding hydrogens is 381 g/mol. The molecule has 0 spiro atoms. The zero-order valence-electron chi connectivity index (χ0n) is 15.6. The topological polar surface area (TPSA) is 112 Å². The van der Waals surface area contributed by atoms with E-state index >= 15 is 0 Å². The number of allylic oxidation sites excluding steroid dienone is 2. The van der Waals surface area contributed by atoms with Crippen molar-refractivity contribution in [2.24, 2.45) is 0 Å². The second-order valence-electron chi connectivity index (χ2n) is 5.76. The first-order valence-electron chi connectivity index (χ1n) is 8.31. The fraction of sp³-hybridized carbons (Fsp3) is 0.200. The van der Waals surface area contributed by atoms with Crippen molar-refractivity contribution in [2.45, 2.75) is 4.90 Å². The van der Waals surface area contributed by atoms with Gasteiger partial charge in [-0.05, 0) is 30.0 Å². The van der Waals surface area contributed by atoms with Crippen molar-refractivity contribution in [3.63, 3.8) is 0 Å². The summed E-state index contributed by atoms with van der Waals surface area (Å²) in [5.74, 6) is -1.25. The van der Waals surface area contributed by atoms with Crippen LogP contribution in [-0.2, 0) is 4.74 Å². The molecule has 28 heavy (non-hydrogen) atoms. The van der Waals surface area contributed by atoms with Crippen LogP contribution >= 0.6 is 11.8 Å². The summed E-state index contributed by atoms with van der Waals surface area (Å²) >= 11 is 1.58. The van der Waals surface area contributed by atoms with E-state index in [9.17, 15) is 9.50 Å². The van der Waals surface area contributed by atoms with Gasteiger partial charge in [-0.15, -0.1) is 11.8 Å². The maximum Gasteiger partial charge on any atom is 0.165 e. The van der Waals surface area contributed by atoms with Gasteiger partial charge in [0.1, 0.15) is 18.1 Å². The monoisotopic (exact) mass is 403 g/mol. The van der Waals surface area contributed by atoms with Crippen molar-refractivity contribution in [1.29, 1.82) is 10.8 Å². The van der Waals surface area contributed by atoms with Gasteiger partial charge in [0, 0.05) is 35.4 Å². The molecule has 0 saturated carbocycles. The molecule has 0 aliphatic rings. The lowest BCUT2D eigenvalue weighted by Gasteiger charge is -2.12. The van der Waals surface area contributed by atoms with Crippen molar-refractivity contribution in [3.05, 3.63) is 65.2 Å². The molecule has 5 N–H and O–H groups in total. The Morgan fingerprint density at radius 1 is 1.21 bits per heavy atom. The second kappa shape index (κ2) is 9.91. The van der Waals surface area contributed by atoms with E-state index in [0.29, 0.717) is 12.2 Å². The first kappa shape index (κ1) is 21.5. The largest absolute Gasteiger partial charge is 0.506 e. The third kappa shape index (κ3) is 5.34. The molecule has 6 nitrogen and oxygen atoms in total. The zero-order chi connectivity index (χ0) is 20.7. The number of aliphatic hydroxyl groups excluding tert-OH is 1. The van der Waals surface area contributed by atoms with Crippen LogP contribution in [-0.4, -0.2) is 43.1 Å². The van der Waals surface area contributed by atoms with Crippen LogP contribution in [0.4, 0.5) is 10.1 Å². The lowest BCUT2D eigenvalue weighted by atomic mass is 10.0. The molecule has 0 radical (unpaired) electrons. The summed E-state index contributed by atoms with van der Waals surface area (Å²) < 4.78 is 24.3. The molecule has 0 amide bonds. The molecule has 0 fully saturated rings. The van der Waals surface area contributed by atoms with E-state index in [1.165, 1.54) is 13.2 Å². The molecule has 2 aromatic rings. The van der Waals surface area contributed by atoms with E-state index in [1.807, 2.05) is 18.4 Å². The lowest BCUT2D eigenvalue weighted by molar-refractivity contribution is 0.144. The minimum Gasteiger partial charge on any atom is -0.506 e. The second-order valence-corrected chi connectivity index (χ2v) is 6.64. The molecule has 2 rings (SSSR count). The summed E-state index contributed by atoms with van der Waals surface area (Å²) in [5.41, 5.74) is 6.20. The van der Waals surface area contributed by atoms with Crippen LogP contribution in [0.25, 0.3) is 0 Å². The van der Waals surface area contributed by atoms with Gasteiger partial charge in [-0.2, -0.15) is 0 Å². The summed E-state index contributed by atoms with van der Waals surface area (Å²) in [5, 5.41) is 26.4. The van der Waals surface area contributed by atoms with Gasteiger partial charge < -0.3 is 25.7 Å². The van der Waals surface area contributed by atoms with Crippen molar-refractivity contribution < 1.29 is 19.0 Å². The third-order valence-electron chi connectivity index (χ3n) is 3.86. The number of benzene rings is 2. The Hall–Kier alpha value is -2.84. The van der Waals surface area contributed by atoms with Gasteiger partial charge in [-0.25, -0.2) is 4.39 Å². The van der Waals surface area contributed by atoms with E-state index in [4.69, 9.17) is 26.0 Å². The number of rotatable bonds is 9. The van der Waals surface area contributed by atoms with Crippen molar-refractivity contribution in [1.82, 2.24) is 0 Å². The van der Waals surface area contributed by atoms with Gasteiger partial charge >= 0.3 is 0 Å². The predicted octanol–water partition coefficient (Wildman–Crippen LogP) is 4.03. The van der Waals surface area contributed by atoms with E-state index in [0.717, 1.165) is 17.0 Å². The molecule has 0 heterocycles. The quantitative estimate of drug-likeness (QED) is 0.166. The molecule has 0 aliphatic heterocycles. The SMILES string of the molecule is COCCOc1cc(N)c(C(=N)/C(O)=C/C(=N)c2ccc(SC)cc2)cc1F. The number of ether oxygens (including phenoxy) is 2. The smallest absolute Gasteiger partial charge is 0.165 e. The normalized spacial score (nSPS) is 11.3. The molecule has 0 unspecified atom stereocenters. The minimum absolute atomic E-state index is 0.0101. The highest BCUT2D eigenvalue weighted by molar-refractivity contribution is 7.98. The van der Waals surface area contributed by atoms with Crippen molar-refractivity contribution >= 4 is 28.9 Å². The third-order valence-corrected chi connectivity index (χ3v) is 4.60. The average molecular weight is 403 g/mol. The van der Waals surface area contributed by atoms with E-state index in [2.05, 4.69) is 0 Å². The number of methoxy groups -OCH3 is 1.